The van der Waals surface area contributed by atoms with E-state index < -0.39 is 0 Å². The first-order chi connectivity index (χ1) is 10.6. The summed E-state index contributed by atoms with van der Waals surface area (Å²) >= 11 is 0. The fraction of sp³-hybridized carbons (Fsp3) is 0.250. The molecule has 2 rings (SSSR count). The SMILES string of the molecule is COc1c(C)ncc(C(=O)NCc2ccc(F)cc2)c1CO. The third-order valence-corrected chi connectivity index (χ3v) is 3.29. The molecule has 6 heteroatoms. The lowest BCUT2D eigenvalue weighted by Gasteiger charge is -2.13. The number of nitrogens with zero attached hydrogens (tertiary/aromatic N) is 1. The maximum absolute atomic E-state index is 12.8. The highest BCUT2D eigenvalue weighted by atomic mass is 19.1. The number of hydrogen-bond donors (Lipinski definition) is 2. The van der Waals surface area contributed by atoms with Crippen LogP contribution in [0.1, 0.15) is 27.2 Å². The monoisotopic (exact) mass is 304 g/mol. The molecular formula is C16H17FN2O3. The van der Waals surface area contributed by atoms with Crippen LogP contribution in [0.25, 0.3) is 0 Å². The Hall–Kier alpha value is -2.47. The molecule has 0 fully saturated rings. The molecule has 1 aromatic carbocycles. The van der Waals surface area contributed by atoms with Crippen molar-refractivity contribution in [3.63, 3.8) is 0 Å². The van der Waals surface area contributed by atoms with Crippen LogP contribution in [0.5, 0.6) is 5.75 Å². The first kappa shape index (κ1) is 15.9. The summed E-state index contributed by atoms with van der Waals surface area (Å²) in [5.74, 6) is -0.304. The Bertz CT molecular complexity index is 672. The van der Waals surface area contributed by atoms with Crippen molar-refractivity contribution in [3.05, 3.63) is 58.7 Å². The predicted octanol–water partition coefficient (Wildman–Crippen LogP) is 1.96. The average molecular weight is 304 g/mol. The Morgan fingerprint density at radius 1 is 1.36 bits per heavy atom. The molecule has 1 amide bonds. The fourth-order valence-electron chi connectivity index (χ4n) is 2.14. The highest BCUT2D eigenvalue weighted by Crippen LogP contribution is 2.24. The van der Waals surface area contributed by atoms with E-state index in [-0.39, 0.29) is 30.4 Å². The number of benzene rings is 1. The van der Waals surface area contributed by atoms with Crippen molar-refractivity contribution in [1.29, 1.82) is 0 Å². The molecule has 1 aromatic heterocycles. The molecule has 0 aliphatic carbocycles. The van der Waals surface area contributed by atoms with Crippen molar-refractivity contribution >= 4 is 5.91 Å². The van der Waals surface area contributed by atoms with Gasteiger partial charge in [-0.05, 0) is 24.6 Å². The number of pyridine rings is 1. The van der Waals surface area contributed by atoms with Crippen molar-refractivity contribution in [1.82, 2.24) is 10.3 Å². The second kappa shape index (κ2) is 7.00. The Kier molecular flexibility index (Phi) is 5.06. The molecule has 1 heterocycles. The smallest absolute Gasteiger partial charge is 0.253 e. The first-order valence-corrected chi connectivity index (χ1v) is 6.72. The van der Waals surface area contributed by atoms with Gasteiger partial charge < -0.3 is 15.2 Å². The number of amides is 1. The molecule has 2 N–H and O–H groups in total. The number of hydrogen-bond acceptors (Lipinski definition) is 4. The van der Waals surface area contributed by atoms with Crippen LogP contribution in [0.2, 0.25) is 0 Å². The third kappa shape index (κ3) is 3.40. The minimum Gasteiger partial charge on any atom is -0.494 e. The number of ether oxygens (including phenoxy) is 1. The lowest BCUT2D eigenvalue weighted by molar-refractivity contribution is 0.0946. The number of halogens is 1. The van der Waals surface area contributed by atoms with Crippen molar-refractivity contribution in [2.45, 2.75) is 20.1 Å². The molecular weight excluding hydrogens is 287 g/mol. The van der Waals surface area contributed by atoms with E-state index >= 15 is 0 Å². The number of aliphatic hydroxyl groups excluding tert-OH is 1. The van der Waals surface area contributed by atoms with E-state index in [1.54, 1.807) is 19.1 Å². The summed E-state index contributed by atoms with van der Waals surface area (Å²) in [5, 5.41) is 12.2. The van der Waals surface area contributed by atoms with Crippen molar-refractivity contribution in [2.75, 3.05) is 7.11 Å². The molecule has 2 aromatic rings. The van der Waals surface area contributed by atoms with E-state index in [0.717, 1.165) is 5.56 Å². The Labute approximate surface area is 127 Å². The van der Waals surface area contributed by atoms with Gasteiger partial charge in [0.2, 0.25) is 0 Å². The maximum Gasteiger partial charge on any atom is 0.253 e. The summed E-state index contributed by atoms with van der Waals surface area (Å²) in [4.78, 5) is 16.4. The van der Waals surface area contributed by atoms with Crippen LogP contribution < -0.4 is 10.1 Å². The van der Waals surface area contributed by atoms with Crippen LogP contribution in [-0.2, 0) is 13.2 Å². The molecule has 0 aliphatic rings. The summed E-state index contributed by atoms with van der Waals surface area (Å²) < 4.78 is 18.0. The highest BCUT2D eigenvalue weighted by Gasteiger charge is 2.17. The van der Waals surface area contributed by atoms with Gasteiger partial charge in [0, 0.05) is 18.3 Å². The van der Waals surface area contributed by atoms with Crippen molar-refractivity contribution in [3.8, 4) is 5.75 Å². The van der Waals surface area contributed by atoms with Gasteiger partial charge in [-0.3, -0.25) is 9.78 Å². The van der Waals surface area contributed by atoms with Gasteiger partial charge in [0.05, 0.1) is 25.0 Å². The Balaban J connectivity index is 2.17. The van der Waals surface area contributed by atoms with E-state index in [9.17, 15) is 14.3 Å². The van der Waals surface area contributed by atoms with E-state index in [4.69, 9.17) is 4.74 Å². The molecule has 0 spiro atoms. The molecule has 5 nitrogen and oxygen atoms in total. The summed E-state index contributed by atoms with van der Waals surface area (Å²) in [6, 6.07) is 5.85. The molecule has 0 radical (unpaired) electrons. The zero-order chi connectivity index (χ0) is 16.1. The number of carbonyl (C=O) groups is 1. The number of aliphatic hydroxyl groups is 1. The van der Waals surface area contributed by atoms with Gasteiger partial charge in [0.25, 0.3) is 5.91 Å². The van der Waals surface area contributed by atoms with Crippen molar-refractivity contribution < 1.29 is 19.0 Å². The van der Waals surface area contributed by atoms with Crippen LogP contribution in [0.15, 0.2) is 30.5 Å². The van der Waals surface area contributed by atoms with E-state index in [0.29, 0.717) is 17.0 Å². The number of rotatable bonds is 5. The largest absolute Gasteiger partial charge is 0.494 e. The van der Waals surface area contributed by atoms with Crippen LogP contribution >= 0.6 is 0 Å². The minimum absolute atomic E-state index is 0.250. The van der Waals surface area contributed by atoms with Gasteiger partial charge in [-0.25, -0.2) is 4.39 Å². The summed E-state index contributed by atoms with van der Waals surface area (Å²) in [6.45, 7) is 1.66. The van der Waals surface area contributed by atoms with Crippen LogP contribution in [0.4, 0.5) is 4.39 Å². The van der Waals surface area contributed by atoms with E-state index in [1.807, 2.05) is 0 Å². The molecule has 0 aliphatic heterocycles. The van der Waals surface area contributed by atoms with Gasteiger partial charge in [0.15, 0.2) is 0 Å². The van der Waals surface area contributed by atoms with Gasteiger partial charge >= 0.3 is 0 Å². The molecule has 0 saturated heterocycles. The molecule has 0 unspecified atom stereocenters. The predicted molar refractivity (Wildman–Crippen MR) is 79.0 cm³/mol. The number of nitrogens with one attached hydrogen (secondary N) is 1. The number of aromatic nitrogens is 1. The fourth-order valence-corrected chi connectivity index (χ4v) is 2.14. The number of carbonyl (C=O) groups excluding carboxylic acids is 1. The zero-order valence-electron chi connectivity index (χ0n) is 12.4. The number of aryl methyl sites for hydroxylation is 1. The molecule has 0 atom stereocenters. The van der Waals surface area contributed by atoms with Crippen LogP contribution in [0, 0.1) is 12.7 Å². The van der Waals surface area contributed by atoms with Gasteiger partial charge in [0.1, 0.15) is 11.6 Å². The second-order valence-electron chi connectivity index (χ2n) is 4.74. The van der Waals surface area contributed by atoms with Gasteiger partial charge in [-0.2, -0.15) is 0 Å². The van der Waals surface area contributed by atoms with E-state index in [2.05, 4.69) is 10.3 Å². The Morgan fingerprint density at radius 3 is 2.64 bits per heavy atom. The van der Waals surface area contributed by atoms with Gasteiger partial charge in [-0.15, -0.1) is 0 Å². The molecule has 0 saturated carbocycles. The van der Waals surface area contributed by atoms with E-state index in [1.165, 1.54) is 25.4 Å². The molecule has 22 heavy (non-hydrogen) atoms. The maximum atomic E-state index is 12.8. The highest BCUT2D eigenvalue weighted by molar-refractivity contribution is 5.96. The Morgan fingerprint density at radius 2 is 2.05 bits per heavy atom. The minimum atomic E-state index is -0.376. The van der Waals surface area contributed by atoms with Gasteiger partial charge in [-0.1, -0.05) is 12.1 Å². The topological polar surface area (TPSA) is 71.5 Å². The summed E-state index contributed by atoms with van der Waals surface area (Å²) in [7, 11) is 1.46. The average Bonchev–Trinajstić information content (AvgIpc) is 2.53. The first-order valence-electron chi connectivity index (χ1n) is 6.72. The van der Waals surface area contributed by atoms with Crippen molar-refractivity contribution in [2.24, 2.45) is 0 Å². The quantitative estimate of drug-likeness (QED) is 0.886. The van der Waals surface area contributed by atoms with Crippen LogP contribution in [0.3, 0.4) is 0 Å². The lowest BCUT2D eigenvalue weighted by Crippen LogP contribution is -2.24. The standard InChI is InChI=1S/C16H17FN2O3/c1-10-15(22-2)14(9-20)13(8-18-10)16(21)19-7-11-3-5-12(17)6-4-11/h3-6,8,20H,7,9H2,1-2H3,(H,19,21). The normalized spacial score (nSPS) is 10.4. The summed E-state index contributed by atoms with van der Waals surface area (Å²) in [6.07, 6.45) is 1.41. The lowest BCUT2D eigenvalue weighted by atomic mass is 10.1. The molecule has 0 bridgehead atoms. The second-order valence-corrected chi connectivity index (χ2v) is 4.74. The van der Waals surface area contributed by atoms with Crippen LogP contribution in [-0.4, -0.2) is 23.1 Å². The number of methoxy groups -OCH3 is 1. The third-order valence-electron chi connectivity index (χ3n) is 3.29. The summed E-state index contributed by atoms with van der Waals surface area (Å²) in [5.41, 5.74) is 2.02. The zero-order valence-corrected chi connectivity index (χ0v) is 12.4. The molecule has 116 valence electrons.